The fourth-order valence-electron chi connectivity index (χ4n) is 1.46. The number of hydrogen-bond donors (Lipinski definition) is 0. The van der Waals surface area contributed by atoms with Crippen molar-refractivity contribution in [3.63, 3.8) is 0 Å². The number of rotatable bonds is 0. The standard InChI is InChI=1S/C9H4N6/c10-1-6-2-12-7-3-11-4-8-13-5-14-9(6)15(7)8/h2-5H. The van der Waals surface area contributed by atoms with Crippen molar-refractivity contribution >= 4 is 24.2 Å². The summed E-state index contributed by atoms with van der Waals surface area (Å²) in [6.07, 6.45) is 6.10. The van der Waals surface area contributed by atoms with Gasteiger partial charge >= 0.3 is 0 Å². The van der Waals surface area contributed by atoms with Crippen LogP contribution in [-0.4, -0.2) is 29.1 Å². The molecule has 0 unspecified atom stereocenters. The highest BCUT2D eigenvalue weighted by atomic mass is 15.3. The molecule has 6 heteroatoms. The molecule has 0 amide bonds. The van der Waals surface area contributed by atoms with Gasteiger partial charge in [-0.15, -0.1) is 0 Å². The first-order chi connectivity index (χ1) is 7.40. The largest absolute Gasteiger partial charge is 0.259 e. The van der Waals surface area contributed by atoms with Gasteiger partial charge in [0.1, 0.15) is 18.0 Å². The van der Waals surface area contributed by atoms with Crippen LogP contribution in [0.4, 0.5) is 0 Å². The van der Waals surface area contributed by atoms with Crippen LogP contribution in [0.2, 0.25) is 0 Å². The SMILES string of the molecule is N#CC1=CN=C2C=NC=C3N=CN=C1N32. The summed E-state index contributed by atoms with van der Waals surface area (Å²) in [6, 6.07) is 2.04. The molecule has 0 saturated heterocycles. The van der Waals surface area contributed by atoms with Gasteiger partial charge in [-0.05, 0) is 0 Å². The third kappa shape index (κ3) is 0.971. The van der Waals surface area contributed by atoms with Crippen LogP contribution in [0.25, 0.3) is 0 Å². The second-order valence-corrected chi connectivity index (χ2v) is 2.94. The molecular weight excluding hydrogens is 192 g/mol. The Balaban J connectivity index is 2.24. The molecule has 0 bridgehead atoms. The predicted molar refractivity (Wildman–Crippen MR) is 55.5 cm³/mol. The minimum absolute atomic E-state index is 0.422. The zero-order chi connectivity index (χ0) is 10.3. The highest BCUT2D eigenvalue weighted by Crippen LogP contribution is 2.21. The lowest BCUT2D eigenvalue weighted by atomic mass is 10.2. The van der Waals surface area contributed by atoms with Crippen molar-refractivity contribution in [2.45, 2.75) is 0 Å². The molecule has 0 aromatic heterocycles. The summed E-state index contributed by atoms with van der Waals surface area (Å²) in [4.78, 5) is 17.9. The van der Waals surface area contributed by atoms with E-state index < -0.39 is 0 Å². The fraction of sp³-hybridized carbons (Fsp3) is 0. The Morgan fingerprint density at radius 1 is 1.27 bits per heavy atom. The first kappa shape index (κ1) is 7.82. The second kappa shape index (κ2) is 2.72. The van der Waals surface area contributed by atoms with Crippen LogP contribution in [0.3, 0.4) is 0 Å². The number of aliphatic imine (C=N–C) groups is 4. The third-order valence-electron chi connectivity index (χ3n) is 2.11. The maximum Gasteiger partial charge on any atom is 0.161 e. The molecule has 0 aromatic rings. The molecule has 0 saturated carbocycles. The van der Waals surface area contributed by atoms with Crippen LogP contribution in [-0.2, 0) is 0 Å². The first-order valence-electron chi connectivity index (χ1n) is 4.22. The summed E-state index contributed by atoms with van der Waals surface area (Å²) < 4.78 is 0. The molecule has 0 spiro atoms. The topological polar surface area (TPSA) is 76.5 Å². The van der Waals surface area contributed by atoms with Crippen LogP contribution >= 0.6 is 0 Å². The summed E-state index contributed by atoms with van der Waals surface area (Å²) in [6.45, 7) is 0. The molecule has 3 aliphatic heterocycles. The smallest absolute Gasteiger partial charge is 0.161 e. The van der Waals surface area contributed by atoms with Crippen LogP contribution in [0.1, 0.15) is 0 Å². The number of nitrogens with zero attached hydrogens (tertiary/aromatic N) is 6. The summed E-state index contributed by atoms with van der Waals surface area (Å²) in [5.74, 6) is 1.80. The maximum atomic E-state index is 8.90. The Labute approximate surface area is 85.0 Å². The van der Waals surface area contributed by atoms with Crippen molar-refractivity contribution in [1.29, 1.82) is 5.26 Å². The summed E-state index contributed by atoms with van der Waals surface area (Å²) >= 11 is 0. The first-order valence-corrected chi connectivity index (χ1v) is 4.22. The molecule has 3 aliphatic rings. The third-order valence-corrected chi connectivity index (χ3v) is 2.11. The number of nitriles is 1. The summed E-state index contributed by atoms with van der Waals surface area (Å²) in [7, 11) is 0. The lowest BCUT2D eigenvalue weighted by molar-refractivity contribution is 0.724. The molecular formula is C9H4N6. The number of hydrogen-bond acceptors (Lipinski definition) is 6. The van der Waals surface area contributed by atoms with Gasteiger partial charge in [0.25, 0.3) is 0 Å². The van der Waals surface area contributed by atoms with E-state index in [1.54, 1.807) is 17.3 Å². The quantitative estimate of drug-likeness (QED) is 0.563. The molecule has 0 atom stereocenters. The highest BCUT2D eigenvalue weighted by molar-refractivity contribution is 6.37. The van der Waals surface area contributed by atoms with Crippen LogP contribution < -0.4 is 0 Å². The zero-order valence-electron chi connectivity index (χ0n) is 7.49. The van der Waals surface area contributed by atoms with Crippen LogP contribution in [0.5, 0.6) is 0 Å². The average molecular weight is 196 g/mol. The normalized spacial score (nSPS) is 20.9. The Hall–Kier alpha value is -2.55. The monoisotopic (exact) mass is 196 g/mol. The van der Waals surface area contributed by atoms with E-state index in [2.05, 4.69) is 20.0 Å². The van der Waals surface area contributed by atoms with Gasteiger partial charge < -0.3 is 0 Å². The highest BCUT2D eigenvalue weighted by Gasteiger charge is 2.29. The molecule has 3 rings (SSSR count). The second-order valence-electron chi connectivity index (χ2n) is 2.94. The molecule has 3 heterocycles. The van der Waals surface area contributed by atoms with Gasteiger partial charge in [-0.2, -0.15) is 5.26 Å². The minimum atomic E-state index is 0.422. The van der Waals surface area contributed by atoms with E-state index >= 15 is 0 Å². The van der Waals surface area contributed by atoms with E-state index in [1.807, 2.05) is 6.07 Å². The Bertz CT molecular complexity index is 552. The average Bonchev–Trinajstić information content (AvgIpc) is 2.30. The van der Waals surface area contributed by atoms with Crippen molar-refractivity contribution in [2.24, 2.45) is 20.0 Å². The van der Waals surface area contributed by atoms with Crippen LogP contribution in [0.15, 0.2) is 43.8 Å². The van der Waals surface area contributed by atoms with Gasteiger partial charge in [0.2, 0.25) is 0 Å². The molecule has 0 aromatic carbocycles. The summed E-state index contributed by atoms with van der Waals surface area (Å²) in [5.41, 5.74) is 0.422. The van der Waals surface area contributed by atoms with Gasteiger partial charge in [0.15, 0.2) is 17.5 Å². The van der Waals surface area contributed by atoms with E-state index in [9.17, 15) is 0 Å². The van der Waals surface area contributed by atoms with E-state index in [1.165, 1.54) is 12.5 Å². The fourth-order valence-corrected chi connectivity index (χ4v) is 1.46. The Morgan fingerprint density at radius 3 is 3.07 bits per heavy atom. The van der Waals surface area contributed by atoms with Crippen molar-refractivity contribution in [3.05, 3.63) is 23.8 Å². The van der Waals surface area contributed by atoms with E-state index in [0.29, 0.717) is 23.1 Å². The molecule has 6 nitrogen and oxygen atoms in total. The lowest BCUT2D eigenvalue weighted by Gasteiger charge is -2.29. The van der Waals surface area contributed by atoms with Gasteiger partial charge in [0.05, 0.1) is 18.6 Å². The molecule has 15 heavy (non-hydrogen) atoms. The Morgan fingerprint density at radius 2 is 2.20 bits per heavy atom. The maximum absolute atomic E-state index is 8.90. The van der Waals surface area contributed by atoms with Crippen molar-refractivity contribution in [1.82, 2.24) is 4.90 Å². The zero-order valence-corrected chi connectivity index (χ0v) is 7.49. The van der Waals surface area contributed by atoms with Crippen LogP contribution in [0, 0.1) is 11.3 Å². The minimum Gasteiger partial charge on any atom is -0.259 e. The van der Waals surface area contributed by atoms with Crippen molar-refractivity contribution in [3.8, 4) is 6.07 Å². The molecule has 0 N–H and O–H groups in total. The lowest BCUT2D eigenvalue weighted by Crippen LogP contribution is -2.42. The molecule has 0 radical (unpaired) electrons. The van der Waals surface area contributed by atoms with Gasteiger partial charge in [-0.1, -0.05) is 0 Å². The van der Waals surface area contributed by atoms with E-state index in [4.69, 9.17) is 5.26 Å². The summed E-state index contributed by atoms with van der Waals surface area (Å²) in [5, 5.41) is 8.90. The van der Waals surface area contributed by atoms with Gasteiger partial charge in [-0.25, -0.2) is 15.0 Å². The van der Waals surface area contributed by atoms with Crippen molar-refractivity contribution in [2.75, 3.05) is 0 Å². The van der Waals surface area contributed by atoms with Gasteiger partial charge in [-0.3, -0.25) is 9.89 Å². The van der Waals surface area contributed by atoms with Gasteiger partial charge in [0, 0.05) is 0 Å². The molecule has 70 valence electrons. The van der Waals surface area contributed by atoms with E-state index in [0.717, 1.165) is 0 Å². The molecule has 0 fully saturated rings. The van der Waals surface area contributed by atoms with Crippen molar-refractivity contribution < 1.29 is 0 Å². The Kier molecular flexibility index (Phi) is 1.42. The number of amidine groups is 2. The predicted octanol–water partition coefficient (Wildman–Crippen LogP) is 0.432. The van der Waals surface area contributed by atoms with E-state index in [-0.39, 0.29) is 0 Å². The molecule has 0 aliphatic carbocycles.